The molecule has 2 aromatic rings. The minimum absolute atomic E-state index is 0.174. The van der Waals surface area contributed by atoms with Crippen molar-refractivity contribution in [2.45, 2.75) is 0 Å². The lowest BCUT2D eigenvalue weighted by atomic mass is 10.1. The van der Waals surface area contributed by atoms with Crippen molar-refractivity contribution in [3.05, 3.63) is 50.1 Å². The zero-order valence-electron chi connectivity index (χ0n) is 7.11. The largest absolute Gasteiger partial charge is 0.278 e. The van der Waals surface area contributed by atoms with Gasteiger partial charge < -0.3 is 0 Å². The van der Waals surface area contributed by atoms with Crippen molar-refractivity contribution in [1.82, 2.24) is 0 Å². The molecule has 0 unspecified atom stereocenters. The average Bonchev–Trinajstić information content (AvgIpc) is 2.17. The van der Waals surface area contributed by atoms with E-state index in [9.17, 15) is 10.1 Å². The molecule has 4 heteroatoms. The maximum atomic E-state index is 10.8. The molecular formula is C10H6INO2. The fourth-order valence-corrected chi connectivity index (χ4v) is 2.22. The molecule has 2 aromatic carbocycles. The third-order valence-electron chi connectivity index (χ3n) is 2.03. The number of nitro benzene ring substituents is 1. The first-order valence-corrected chi connectivity index (χ1v) is 5.09. The van der Waals surface area contributed by atoms with Crippen LogP contribution in [0.25, 0.3) is 10.8 Å². The van der Waals surface area contributed by atoms with Crippen molar-refractivity contribution in [2.75, 3.05) is 0 Å². The third-order valence-corrected chi connectivity index (χ3v) is 2.93. The summed E-state index contributed by atoms with van der Waals surface area (Å²) >= 11 is 2.11. The van der Waals surface area contributed by atoms with Gasteiger partial charge in [0.2, 0.25) is 0 Å². The lowest BCUT2D eigenvalue weighted by molar-refractivity contribution is -0.383. The smallest absolute Gasteiger partial charge is 0.258 e. The van der Waals surface area contributed by atoms with Crippen LogP contribution in [0.4, 0.5) is 5.69 Å². The highest BCUT2D eigenvalue weighted by molar-refractivity contribution is 14.1. The van der Waals surface area contributed by atoms with Crippen LogP contribution in [0.1, 0.15) is 0 Å². The number of benzene rings is 2. The van der Waals surface area contributed by atoms with Gasteiger partial charge in [0.15, 0.2) is 0 Å². The minimum atomic E-state index is -0.343. The second-order valence-corrected chi connectivity index (χ2v) is 4.03. The van der Waals surface area contributed by atoms with Gasteiger partial charge in [-0.15, -0.1) is 0 Å². The summed E-state index contributed by atoms with van der Waals surface area (Å²) in [5.41, 5.74) is 0.174. The number of non-ortho nitro benzene ring substituents is 1. The molecule has 0 atom stereocenters. The predicted molar refractivity (Wildman–Crippen MR) is 63.3 cm³/mol. The van der Waals surface area contributed by atoms with Gasteiger partial charge in [0.25, 0.3) is 5.69 Å². The van der Waals surface area contributed by atoms with E-state index in [1.54, 1.807) is 6.07 Å². The molecule has 0 spiro atoms. The summed E-state index contributed by atoms with van der Waals surface area (Å²) in [6.07, 6.45) is 0. The van der Waals surface area contributed by atoms with E-state index < -0.39 is 0 Å². The summed E-state index contributed by atoms with van der Waals surface area (Å²) in [5.74, 6) is 0. The molecule has 0 aliphatic rings. The van der Waals surface area contributed by atoms with Crippen LogP contribution in [-0.4, -0.2) is 4.92 Å². The van der Waals surface area contributed by atoms with E-state index in [0.29, 0.717) is 0 Å². The highest BCUT2D eigenvalue weighted by Gasteiger charge is 2.12. The van der Waals surface area contributed by atoms with Gasteiger partial charge in [-0.25, -0.2) is 0 Å². The molecule has 0 aliphatic carbocycles. The first kappa shape index (κ1) is 9.39. The second-order valence-electron chi connectivity index (χ2n) is 2.87. The van der Waals surface area contributed by atoms with E-state index in [-0.39, 0.29) is 10.6 Å². The van der Waals surface area contributed by atoms with Crippen molar-refractivity contribution < 1.29 is 4.92 Å². The topological polar surface area (TPSA) is 43.1 Å². The van der Waals surface area contributed by atoms with Crippen LogP contribution in [0.2, 0.25) is 0 Å². The zero-order chi connectivity index (χ0) is 10.1. The summed E-state index contributed by atoms with van der Waals surface area (Å²) in [5, 5.41) is 12.4. The molecular weight excluding hydrogens is 293 g/mol. The number of nitrogens with zero attached hydrogens (tertiary/aromatic N) is 1. The Hall–Kier alpha value is -1.17. The molecule has 0 radical (unpaired) electrons. The Morgan fingerprint density at radius 1 is 1.14 bits per heavy atom. The van der Waals surface area contributed by atoms with Crippen LogP contribution in [0.15, 0.2) is 36.4 Å². The third kappa shape index (κ3) is 1.45. The maximum Gasteiger partial charge on any atom is 0.278 e. The zero-order valence-corrected chi connectivity index (χ0v) is 9.26. The van der Waals surface area contributed by atoms with Gasteiger partial charge in [-0.05, 0) is 34.0 Å². The van der Waals surface area contributed by atoms with Crippen LogP contribution in [0.3, 0.4) is 0 Å². The summed E-state index contributed by atoms with van der Waals surface area (Å²) < 4.78 is 0.910. The Kier molecular flexibility index (Phi) is 2.37. The Balaban J connectivity index is 2.91. The number of hydrogen-bond acceptors (Lipinski definition) is 2. The average molecular weight is 299 g/mol. The highest BCUT2D eigenvalue weighted by Crippen LogP contribution is 2.29. The van der Waals surface area contributed by atoms with Gasteiger partial charge >= 0.3 is 0 Å². The molecule has 0 bridgehead atoms. The molecule has 14 heavy (non-hydrogen) atoms. The van der Waals surface area contributed by atoms with Crippen molar-refractivity contribution in [2.24, 2.45) is 0 Å². The first-order valence-electron chi connectivity index (χ1n) is 4.02. The molecule has 2 rings (SSSR count). The van der Waals surface area contributed by atoms with Gasteiger partial charge in [0.1, 0.15) is 0 Å². The van der Waals surface area contributed by atoms with E-state index in [4.69, 9.17) is 0 Å². The first-order chi connectivity index (χ1) is 6.70. The van der Waals surface area contributed by atoms with Crippen LogP contribution in [0.5, 0.6) is 0 Å². The van der Waals surface area contributed by atoms with Gasteiger partial charge in [-0.3, -0.25) is 10.1 Å². The molecule has 3 nitrogen and oxygen atoms in total. The lowest BCUT2D eigenvalue weighted by Gasteiger charge is -2.00. The van der Waals surface area contributed by atoms with E-state index in [1.807, 2.05) is 24.3 Å². The SMILES string of the molecule is O=[N+]([O-])c1cccc2cccc(I)c12. The molecule has 0 N–H and O–H groups in total. The Morgan fingerprint density at radius 2 is 1.79 bits per heavy atom. The normalized spacial score (nSPS) is 10.4. The molecule has 70 valence electrons. The molecule has 0 aromatic heterocycles. The number of nitro groups is 1. The van der Waals surface area contributed by atoms with E-state index in [2.05, 4.69) is 22.6 Å². The summed E-state index contributed by atoms with van der Waals surface area (Å²) in [7, 11) is 0. The van der Waals surface area contributed by atoms with Crippen LogP contribution < -0.4 is 0 Å². The molecule has 0 heterocycles. The van der Waals surface area contributed by atoms with E-state index in [1.165, 1.54) is 6.07 Å². The van der Waals surface area contributed by atoms with Gasteiger partial charge in [-0.2, -0.15) is 0 Å². The number of hydrogen-bond donors (Lipinski definition) is 0. The lowest BCUT2D eigenvalue weighted by Crippen LogP contribution is -1.90. The molecule has 0 aliphatic heterocycles. The second kappa shape index (κ2) is 3.53. The Bertz CT molecular complexity index is 505. The van der Waals surface area contributed by atoms with Crippen LogP contribution in [0, 0.1) is 13.7 Å². The Labute approximate surface area is 94.0 Å². The van der Waals surface area contributed by atoms with E-state index in [0.717, 1.165) is 14.3 Å². The summed E-state index contributed by atoms with van der Waals surface area (Å²) in [4.78, 5) is 10.4. The van der Waals surface area contributed by atoms with Gasteiger partial charge in [-0.1, -0.05) is 24.3 Å². The fraction of sp³-hybridized carbons (Fsp3) is 0. The van der Waals surface area contributed by atoms with Crippen LogP contribution in [-0.2, 0) is 0 Å². The molecule has 0 saturated heterocycles. The quantitative estimate of drug-likeness (QED) is 0.460. The van der Waals surface area contributed by atoms with Gasteiger partial charge in [0, 0.05) is 9.64 Å². The van der Waals surface area contributed by atoms with Crippen LogP contribution >= 0.6 is 22.6 Å². The molecule has 0 saturated carbocycles. The monoisotopic (exact) mass is 299 g/mol. The summed E-state index contributed by atoms with van der Waals surface area (Å²) in [6, 6.07) is 10.8. The standard InChI is InChI=1S/C10H6INO2/c11-8-5-1-3-7-4-2-6-9(10(7)8)12(13)14/h1-6H. The van der Waals surface area contributed by atoms with Crippen molar-refractivity contribution in [3.8, 4) is 0 Å². The Morgan fingerprint density at radius 3 is 2.43 bits per heavy atom. The predicted octanol–water partition coefficient (Wildman–Crippen LogP) is 3.35. The minimum Gasteiger partial charge on any atom is -0.258 e. The van der Waals surface area contributed by atoms with Crippen molar-refractivity contribution >= 4 is 39.1 Å². The maximum absolute atomic E-state index is 10.8. The van der Waals surface area contributed by atoms with Gasteiger partial charge in [0.05, 0.1) is 10.3 Å². The number of halogens is 1. The number of fused-ring (bicyclic) bond motifs is 1. The fourth-order valence-electron chi connectivity index (χ4n) is 1.43. The van der Waals surface area contributed by atoms with E-state index >= 15 is 0 Å². The number of rotatable bonds is 1. The summed E-state index contributed by atoms with van der Waals surface area (Å²) in [6.45, 7) is 0. The van der Waals surface area contributed by atoms with Crippen molar-refractivity contribution in [1.29, 1.82) is 0 Å². The molecule has 0 fully saturated rings. The van der Waals surface area contributed by atoms with Crippen molar-refractivity contribution in [3.63, 3.8) is 0 Å². The highest BCUT2D eigenvalue weighted by atomic mass is 127. The molecule has 0 amide bonds.